The summed E-state index contributed by atoms with van der Waals surface area (Å²) in [6.07, 6.45) is 1.88. The van der Waals surface area contributed by atoms with E-state index in [-0.39, 0.29) is 36.3 Å². The quantitative estimate of drug-likeness (QED) is 0.589. The van der Waals surface area contributed by atoms with E-state index < -0.39 is 0 Å². The van der Waals surface area contributed by atoms with Crippen LogP contribution >= 0.6 is 0 Å². The third kappa shape index (κ3) is 4.68. The van der Waals surface area contributed by atoms with E-state index in [0.29, 0.717) is 18.7 Å². The molecule has 5 rings (SSSR count). The number of carbonyl (C=O) groups excluding carboxylic acids is 1. The summed E-state index contributed by atoms with van der Waals surface area (Å²) in [4.78, 5) is 17.5. The molecule has 6 heteroatoms. The van der Waals surface area contributed by atoms with Crippen molar-refractivity contribution in [3.05, 3.63) is 89.7 Å². The Morgan fingerprint density at radius 2 is 1.74 bits per heavy atom. The van der Waals surface area contributed by atoms with Crippen LogP contribution < -0.4 is 4.74 Å². The molecule has 0 aromatic heterocycles. The minimum Gasteiger partial charge on any atom is -0.497 e. The Kier molecular flexibility index (Phi) is 6.84. The first-order valence-corrected chi connectivity index (χ1v) is 12.2. The van der Waals surface area contributed by atoms with Gasteiger partial charge in [-0.1, -0.05) is 36.4 Å². The topological polar surface area (TPSA) is 53.0 Å². The molecule has 182 valence electrons. The number of fused-ring (bicyclic) bond motifs is 1. The Labute approximate surface area is 205 Å². The fourth-order valence-electron chi connectivity index (χ4n) is 5.60. The number of hydrogen-bond donors (Lipinski definition) is 1. The molecule has 0 radical (unpaired) electrons. The van der Waals surface area contributed by atoms with Crippen molar-refractivity contribution in [2.45, 2.75) is 30.8 Å². The molecule has 35 heavy (non-hydrogen) atoms. The highest BCUT2D eigenvalue weighted by Gasteiger charge is 2.49. The van der Waals surface area contributed by atoms with Gasteiger partial charge in [-0.25, -0.2) is 4.39 Å². The lowest BCUT2D eigenvalue weighted by atomic mass is 9.74. The Morgan fingerprint density at radius 1 is 1.00 bits per heavy atom. The molecular formula is C29H31FN2O3. The molecule has 5 nitrogen and oxygen atoms in total. The van der Waals surface area contributed by atoms with Gasteiger partial charge in [0.2, 0.25) is 0 Å². The average molecular weight is 475 g/mol. The van der Waals surface area contributed by atoms with Gasteiger partial charge in [0.25, 0.3) is 5.91 Å². The molecule has 0 saturated carbocycles. The molecule has 2 aliphatic rings. The third-order valence-corrected chi connectivity index (χ3v) is 7.45. The second-order valence-corrected chi connectivity index (χ2v) is 9.40. The second-order valence-electron chi connectivity index (χ2n) is 9.40. The molecule has 1 amide bonds. The minimum atomic E-state index is -0.345. The summed E-state index contributed by atoms with van der Waals surface area (Å²) >= 11 is 0. The van der Waals surface area contributed by atoms with Gasteiger partial charge in [0.05, 0.1) is 13.7 Å². The van der Waals surface area contributed by atoms with Crippen molar-refractivity contribution in [2.75, 3.05) is 33.4 Å². The van der Waals surface area contributed by atoms with E-state index in [0.717, 1.165) is 36.3 Å². The fourth-order valence-corrected chi connectivity index (χ4v) is 5.60. The Bertz CT molecular complexity index is 1170. The van der Waals surface area contributed by atoms with Crippen LogP contribution in [-0.2, 0) is 0 Å². The monoisotopic (exact) mass is 474 g/mol. The van der Waals surface area contributed by atoms with Gasteiger partial charge in [-0.2, -0.15) is 0 Å². The molecule has 0 unspecified atom stereocenters. The molecule has 3 atom stereocenters. The van der Waals surface area contributed by atoms with Crippen LogP contribution in [0.1, 0.15) is 34.7 Å². The summed E-state index contributed by atoms with van der Waals surface area (Å²) in [6.45, 7) is 2.29. The molecule has 2 saturated heterocycles. The van der Waals surface area contributed by atoms with Crippen molar-refractivity contribution in [1.29, 1.82) is 0 Å². The first kappa shape index (κ1) is 23.5. The molecule has 2 heterocycles. The lowest BCUT2D eigenvalue weighted by Gasteiger charge is -2.57. The number of halogens is 1. The summed E-state index contributed by atoms with van der Waals surface area (Å²) < 4.78 is 18.7. The molecule has 2 aliphatic heterocycles. The summed E-state index contributed by atoms with van der Waals surface area (Å²) in [5.41, 5.74) is 3.88. The highest BCUT2D eigenvalue weighted by Crippen LogP contribution is 2.42. The molecular weight excluding hydrogens is 443 g/mol. The average Bonchev–Trinajstić information content (AvgIpc) is 2.88. The maximum absolute atomic E-state index is 13.4. The van der Waals surface area contributed by atoms with E-state index >= 15 is 0 Å². The van der Waals surface area contributed by atoms with Gasteiger partial charge < -0.3 is 14.7 Å². The SMILES string of the molecule is COc1cccc(-c2ccc([C@@H]3[C@@H](CO)N4CCCCN(C(=O)c5ccc(F)cc5)C[C@@H]34)cc2)c1. The number of rotatable bonds is 5. The molecule has 0 spiro atoms. The second kappa shape index (κ2) is 10.2. The molecule has 3 aromatic rings. The Hall–Kier alpha value is -3.22. The number of methoxy groups -OCH3 is 1. The zero-order valence-electron chi connectivity index (χ0n) is 19.9. The van der Waals surface area contributed by atoms with E-state index in [9.17, 15) is 14.3 Å². The number of amides is 1. The van der Waals surface area contributed by atoms with Gasteiger partial charge in [0.15, 0.2) is 0 Å². The number of ether oxygens (including phenoxy) is 1. The Morgan fingerprint density at radius 3 is 2.46 bits per heavy atom. The lowest BCUT2D eigenvalue weighted by molar-refractivity contribution is -0.0606. The zero-order chi connectivity index (χ0) is 24.4. The number of benzene rings is 3. The summed E-state index contributed by atoms with van der Waals surface area (Å²) in [5.74, 6) is 0.553. The van der Waals surface area contributed by atoms with Crippen molar-refractivity contribution in [1.82, 2.24) is 9.80 Å². The normalized spacial score (nSPS) is 22.5. The minimum absolute atomic E-state index is 0.0449. The van der Waals surface area contributed by atoms with Gasteiger partial charge in [-0.15, -0.1) is 0 Å². The Balaban J connectivity index is 1.38. The largest absolute Gasteiger partial charge is 0.497 e. The maximum atomic E-state index is 13.4. The van der Waals surface area contributed by atoms with Crippen molar-refractivity contribution in [3.8, 4) is 16.9 Å². The standard InChI is InChI=1S/C29H31FN2O3/c1-35-25-6-4-5-23(17-25)20-7-9-21(10-8-20)28-26-18-31(15-2-3-16-32(26)27(28)19-33)29(34)22-11-13-24(30)14-12-22/h4-14,17,26-28,33H,2-3,15-16,18-19H2,1H3/t26-,27+,28-/m0/s1. The number of hydrogen-bond acceptors (Lipinski definition) is 4. The van der Waals surface area contributed by atoms with Gasteiger partial charge in [-0.3, -0.25) is 9.69 Å². The van der Waals surface area contributed by atoms with Crippen LogP contribution in [0.3, 0.4) is 0 Å². The summed E-state index contributed by atoms with van der Waals surface area (Å²) in [5, 5.41) is 10.2. The fraction of sp³-hybridized carbons (Fsp3) is 0.345. The molecule has 3 aromatic carbocycles. The number of aliphatic hydroxyl groups excluding tert-OH is 1. The van der Waals surface area contributed by atoms with E-state index in [1.165, 1.54) is 17.7 Å². The highest BCUT2D eigenvalue weighted by molar-refractivity contribution is 5.94. The number of aliphatic hydroxyl groups is 1. The first-order valence-electron chi connectivity index (χ1n) is 12.2. The number of nitrogens with zero attached hydrogens (tertiary/aromatic N) is 2. The van der Waals surface area contributed by atoms with Crippen molar-refractivity contribution in [2.24, 2.45) is 0 Å². The predicted octanol–water partition coefficient (Wildman–Crippen LogP) is 4.57. The molecule has 1 N–H and O–H groups in total. The first-order chi connectivity index (χ1) is 17.1. The van der Waals surface area contributed by atoms with E-state index in [1.54, 1.807) is 19.2 Å². The van der Waals surface area contributed by atoms with E-state index in [2.05, 4.69) is 35.2 Å². The van der Waals surface area contributed by atoms with Gasteiger partial charge >= 0.3 is 0 Å². The predicted molar refractivity (Wildman–Crippen MR) is 134 cm³/mol. The summed E-state index contributed by atoms with van der Waals surface area (Å²) in [7, 11) is 1.67. The van der Waals surface area contributed by atoms with Gasteiger partial charge in [0.1, 0.15) is 11.6 Å². The lowest BCUT2D eigenvalue weighted by Crippen LogP contribution is -2.67. The summed E-state index contributed by atoms with van der Waals surface area (Å²) in [6, 6.07) is 22.5. The zero-order valence-corrected chi connectivity index (χ0v) is 19.9. The van der Waals surface area contributed by atoms with Crippen molar-refractivity contribution < 1.29 is 19.0 Å². The van der Waals surface area contributed by atoms with Crippen molar-refractivity contribution in [3.63, 3.8) is 0 Å². The van der Waals surface area contributed by atoms with Gasteiger partial charge in [-0.05, 0) is 72.5 Å². The van der Waals surface area contributed by atoms with Crippen LogP contribution in [0.5, 0.6) is 5.75 Å². The van der Waals surface area contributed by atoms with Crippen LogP contribution in [0.25, 0.3) is 11.1 Å². The highest BCUT2D eigenvalue weighted by atomic mass is 19.1. The van der Waals surface area contributed by atoms with Gasteiger partial charge in [0, 0.05) is 36.7 Å². The van der Waals surface area contributed by atoms with E-state index in [1.807, 2.05) is 23.1 Å². The maximum Gasteiger partial charge on any atom is 0.253 e. The van der Waals surface area contributed by atoms with Crippen LogP contribution in [-0.4, -0.2) is 66.2 Å². The molecule has 0 aliphatic carbocycles. The molecule has 0 bridgehead atoms. The van der Waals surface area contributed by atoms with Crippen LogP contribution in [0.15, 0.2) is 72.8 Å². The number of carbonyl (C=O) groups is 1. The smallest absolute Gasteiger partial charge is 0.253 e. The van der Waals surface area contributed by atoms with E-state index in [4.69, 9.17) is 4.74 Å². The van der Waals surface area contributed by atoms with Crippen molar-refractivity contribution >= 4 is 5.91 Å². The van der Waals surface area contributed by atoms with Crippen LogP contribution in [0, 0.1) is 5.82 Å². The third-order valence-electron chi connectivity index (χ3n) is 7.45. The molecule has 2 fully saturated rings. The van der Waals surface area contributed by atoms with Crippen LogP contribution in [0.2, 0.25) is 0 Å². The van der Waals surface area contributed by atoms with Crippen LogP contribution in [0.4, 0.5) is 4.39 Å².